The van der Waals surface area contributed by atoms with Crippen LogP contribution in [0.25, 0.3) is 0 Å². The number of ether oxygens (including phenoxy) is 1. The Bertz CT molecular complexity index is 324. The van der Waals surface area contributed by atoms with Gasteiger partial charge < -0.3 is 20.5 Å². The first-order valence-corrected chi connectivity index (χ1v) is 5.66. The second kappa shape index (κ2) is 7.03. The molecular weight excluding hydrogens is 220 g/mol. The van der Waals surface area contributed by atoms with Gasteiger partial charge in [0.1, 0.15) is 17.5 Å². The van der Waals surface area contributed by atoms with Crippen LogP contribution in [0.4, 0.5) is 11.6 Å². The van der Waals surface area contributed by atoms with E-state index in [4.69, 9.17) is 4.74 Å². The number of aliphatic hydroxyl groups is 1. The maximum absolute atomic E-state index is 9.52. The molecule has 3 N–H and O–H groups in total. The van der Waals surface area contributed by atoms with E-state index in [-0.39, 0.29) is 0 Å². The van der Waals surface area contributed by atoms with Crippen LogP contribution in [0.1, 0.15) is 12.7 Å². The molecule has 0 amide bonds. The van der Waals surface area contributed by atoms with Gasteiger partial charge in [-0.15, -0.1) is 0 Å². The van der Waals surface area contributed by atoms with Crippen molar-refractivity contribution in [1.29, 1.82) is 0 Å². The summed E-state index contributed by atoms with van der Waals surface area (Å²) in [6, 6.07) is 1.80. The smallest absolute Gasteiger partial charge is 0.132 e. The number of nitrogens with zero attached hydrogens (tertiary/aromatic N) is 2. The monoisotopic (exact) mass is 240 g/mol. The Hall–Kier alpha value is -1.40. The van der Waals surface area contributed by atoms with Crippen molar-refractivity contribution in [3.63, 3.8) is 0 Å². The average molecular weight is 240 g/mol. The van der Waals surface area contributed by atoms with E-state index in [0.717, 1.165) is 18.1 Å². The Morgan fingerprint density at radius 1 is 1.41 bits per heavy atom. The first kappa shape index (κ1) is 13.7. The van der Waals surface area contributed by atoms with Gasteiger partial charge in [0, 0.05) is 33.2 Å². The molecule has 1 heterocycles. The molecule has 0 spiro atoms. The van der Waals surface area contributed by atoms with E-state index < -0.39 is 6.10 Å². The maximum Gasteiger partial charge on any atom is 0.132 e. The molecule has 1 unspecified atom stereocenters. The minimum absolute atomic E-state index is 0.303. The van der Waals surface area contributed by atoms with Crippen LogP contribution in [-0.4, -0.2) is 48.5 Å². The van der Waals surface area contributed by atoms with Crippen LogP contribution in [0.2, 0.25) is 0 Å². The minimum atomic E-state index is -0.543. The van der Waals surface area contributed by atoms with Gasteiger partial charge in [-0.05, 0) is 0 Å². The number of hydrogen-bond acceptors (Lipinski definition) is 6. The molecule has 0 fully saturated rings. The molecule has 0 aliphatic heterocycles. The number of rotatable bonds is 7. The summed E-state index contributed by atoms with van der Waals surface area (Å²) >= 11 is 0. The molecule has 6 heteroatoms. The third-order valence-corrected chi connectivity index (χ3v) is 2.22. The molecule has 1 atom stereocenters. The molecule has 0 aliphatic carbocycles. The summed E-state index contributed by atoms with van der Waals surface area (Å²) in [7, 11) is 3.37. The number of methoxy groups -OCH3 is 1. The number of aryl methyl sites for hydroxylation is 1. The topological polar surface area (TPSA) is 79.3 Å². The van der Waals surface area contributed by atoms with Crippen LogP contribution < -0.4 is 10.6 Å². The van der Waals surface area contributed by atoms with Gasteiger partial charge in [-0.2, -0.15) is 0 Å². The average Bonchev–Trinajstić information content (AvgIpc) is 2.36. The lowest BCUT2D eigenvalue weighted by atomic mass is 10.3. The Balaban J connectivity index is 2.63. The molecule has 1 aromatic heterocycles. The van der Waals surface area contributed by atoms with Crippen molar-refractivity contribution in [2.75, 3.05) is 37.9 Å². The maximum atomic E-state index is 9.52. The lowest BCUT2D eigenvalue weighted by Gasteiger charge is -2.12. The van der Waals surface area contributed by atoms with Crippen molar-refractivity contribution < 1.29 is 9.84 Å². The van der Waals surface area contributed by atoms with Gasteiger partial charge >= 0.3 is 0 Å². The highest BCUT2D eigenvalue weighted by molar-refractivity contribution is 5.47. The Kier molecular flexibility index (Phi) is 5.65. The molecule has 0 saturated heterocycles. The summed E-state index contributed by atoms with van der Waals surface area (Å²) in [6.45, 7) is 2.70. The van der Waals surface area contributed by atoms with E-state index in [1.165, 1.54) is 0 Å². The third-order valence-electron chi connectivity index (χ3n) is 2.22. The summed E-state index contributed by atoms with van der Waals surface area (Å²) in [5, 5.41) is 15.6. The fourth-order valence-electron chi connectivity index (χ4n) is 1.35. The Labute approximate surface area is 101 Å². The van der Waals surface area contributed by atoms with Crippen molar-refractivity contribution in [3.8, 4) is 0 Å². The molecule has 17 heavy (non-hydrogen) atoms. The van der Waals surface area contributed by atoms with E-state index in [9.17, 15) is 5.11 Å². The molecular formula is C11H20N4O2. The number of anilines is 2. The second-order valence-electron chi connectivity index (χ2n) is 3.65. The van der Waals surface area contributed by atoms with E-state index in [1.807, 2.05) is 14.0 Å². The third kappa shape index (κ3) is 4.54. The van der Waals surface area contributed by atoms with Gasteiger partial charge in [0.25, 0.3) is 0 Å². The fraction of sp³-hybridized carbons (Fsp3) is 0.636. The predicted octanol–water partition coefficient (Wildman–Crippen LogP) is 0.500. The Morgan fingerprint density at radius 2 is 2.12 bits per heavy atom. The van der Waals surface area contributed by atoms with E-state index >= 15 is 0 Å². The van der Waals surface area contributed by atoms with Gasteiger partial charge in [-0.25, -0.2) is 9.97 Å². The summed E-state index contributed by atoms with van der Waals surface area (Å²) in [4.78, 5) is 8.60. The van der Waals surface area contributed by atoms with Crippen LogP contribution in [-0.2, 0) is 11.2 Å². The van der Waals surface area contributed by atoms with Crippen molar-refractivity contribution in [1.82, 2.24) is 9.97 Å². The SMILES string of the molecule is CCc1nc(NC)cc(NCC(O)COC)n1. The number of aliphatic hydroxyl groups excluding tert-OH is 1. The van der Waals surface area contributed by atoms with E-state index in [1.54, 1.807) is 13.2 Å². The number of aromatic nitrogens is 2. The lowest BCUT2D eigenvalue weighted by molar-refractivity contribution is 0.0727. The standard InChI is InChI=1S/C11H20N4O2/c1-4-9-14-10(12-2)5-11(15-9)13-6-8(16)7-17-3/h5,8,16H,4,6-7H2,1-3H3,(H2,12,13,14,15). The van der Waals surface area contributed by atoms with E-state index in [0.29, 0.717) is 19.0 Å². The van der Waals surface area contributed by atoms with Crippen molar-refractivity contribution in [2.24, 2.45) is 0 Å². The van der Waals surface area contributed by atoms with Gasteiger partial charge in [0.05, 0.1) is 12.7 Å². The molecule has 0 aromatic carbocycles. The number of hydrogen-bond donors (Lipinski definition) is 3. The number of nitrogens with one attached hydrogen (secondary N) is 2. The molecule has 0 saturated carbocycles. The van der Waals surface area contributed by atoms with E-state index in [2.05, 4.69) is 20.6 Å². The molecule has 6 nitrogen and oxygen atoms in total. The molecule has 0 bridgehead atoms. The van der Waals surface area contributed by atoms with Crippen LogP contribution >= 0.6 is 0 Å². The van der Waals surface area contributed by atoms with Crippen LogP contribution in [0.3, 0.4) is 0 Å². The van der Waals surface area contributed by atoms with Gasteiger partial charge in [0.15, 0.2) is 0 Å². The van der Waals surface area contributed by atoms with Crippen LogP contribution in [0, 0.1) is 0 Å². The summed E-state index contributed by atoms with van der Waals surface area (Å²) < 4.78 is 4.85. The van der Waals surface area contributed by atoms with Crippen LogP contribution in [0.15, 0.2) is 6.07 Å². The fourth-order valence-corrected chi connectivity index (χ4v) is 1.35. The zero-order valence-electron chi connectivity index (χ0n) is 10.5. The normalized spacial score (nSPS) is 12.2. The highest BCUT2D eigenvalue weighted by Crippen LogP contribution is 2.11. The zero-order chi connectivity index (χ0) is 12.7. The van der Waals surface area contributed by atoms with Crippen molar-refractivity contribution in [3.05, 3.63) is 11.9 Å². The quantitative estimate of drug-likeness (QED) is 0.644. The predicted molar refractivity (Wildman–Crippen MR) is 67.3 cm³/mol. The largest absolute Gasteiger partial charge is 0.389 e. The molecule has 96 valence electrons. The highest BCUT2D eigenvalue weighted by Gasteiger charge is 2.06. The van der Waals surface area contributed by atoms with Crippen LogP contribution in [0.5, 0.6) is 0 Å². The zero-order valence-corrected chi connectivity index (χ0v) is 10.5. The molecule has 1 aromatic rings. The first-order valence-electron chi connectivity index (χ1n) is 5.66. The first-order chi connectivity index (χ1) is 8.19. The summed E-state index contributed by atoms with van der Waals surface area (Å²) in [5.41, 5.74) is 0. The molecule has 0 radical (unpaired) electrons. The molecule has 1 rings (SSSR count). The second-order valence-corrected chi connectivity index (χ2v) is 3.65. The minimum Gasteiger partial charge on any atom is -0.389 e. The van der Waals surface area contributed by atoms with Crippen molar-refractivity contribution >= 4 is 11.6 Å². The molecule has 0 aliphatic rings. The lowest BCUT2D eigenvalue weighted by Crippen LogP contribution is -2.24. The van der Waals surface area contributed by atoms with Crippen molar-refractivity contribution in [2.45, 2.75) is 19.4 Å². The Morgan fingerprint density at radius 3 is 2.71 bits per heavy atom. The summed E-state index contributed by atoms with van der Waals surface area (Å²) in [5.74, 6) is 2.23. The van der Waals surface area contributed by atoms with Gasteiger partial charge in [-0.3, -0.25) is 0 Å². The van der Waals surface area contributed by atoms with Gasteiger partial charge in [0.2, 0.25) is 0 Å². The highest BCUT2D eigenvalue weighted by atomic mass is 16.5. The van der Waals surface area contributed by atoms with Gasteiger partial charge in [-0.1, -0.05) is 6.92 Å². The summed E-state index contributed by atoms with van der Waals surface area (Å²) in [6.07, 6.45) is 0.225.